The van der Waals surface area contributed by atoms with Gasteiger partial charge in [0.05, 0.1) is 5.52 Å². The number of nitrogens with zero attached hydrogens (tertiary/aromatic N) is 1. The van der Waals surface area contributed by atoms with Crippen LogP contribution in [0.5, 0.6) is 0 Å². The first kappa shape index (κ1) is 41.1. The van der Waals surface area contributed by atoms with Crippen LogP contribution in [0.4, 0.5) is 0 Å². The molecule has 1 atom stereocenters. The van der Waals surface area contributed by atoms with Crippen LogP contribution < -0.4 is 10.9 Å². The van der Waals surface area contributed by atoms with Crippen molar-refractivity contribution in [3.63, 3.8) is 0 Å². The Morgan fingerprint density at radius 1 is 0.537 bits per heavy atom. The molecule has 3 heterocycles. The SMILES string of the molecule is CC(c1ccc(C(C)(C)C)cc1)c1cc2c(cc1-c1c3c(c4c5cc(C(C)(C)C)ccc5n5c4c1[B]c1cc4sc6ccccc6c4cc1-5)C(C)(C)c1ccccc1-3)-c1ccccc1C2(C)C. The van der Waals surface area contributed by atoms with Gasteiger partial charge in [0.1, 0.15) is 0 Å². The maximum Gasteiger partial charge on any atom is 0.198 e. The molecule has 8 aromatic carbocycles. The minimum Gasteiger partial charge on any atom is -0.310 e. The van der Waals surface area contributed by atoms with Crippen LogP contribution in [-0.4, -0.2) is 11.8 Å². The minimum atomic E-state index is -0.260. The Labute approximate surface area is 400 Å². The van der Waals surface area contributed by atoms with E-state index in [2.05, 4.69) is 228 Å². The second kappa shape index (κ2) is 13.5. The lowest BCUT2D eigenvalue weighted by Gasteiger charge is -2.30. The summed E-state index contributed by atoms with van der Waals surface area (Å²) in [6.07, 6.45) is 0. The number of thiophene rings is 1. The van der Waals surface area contributed by atoms with Gasteiger partial charge in [-0.3, -0.25) is 0 Å². The second-order valence-corrected chi connectivity index (χ2v) is 24.2. The molecule has 0 spiro atoms. The van der Waals surface area contributed by atoms with E-state index in [0.29, 0.717) is 0 Å². The zero-order valence-electron chi connectivity index (χ0n) is 40.8. The number of benzene rings is 8. The molecule has 0 bridgehead atoms. The zero-order valence-corrected chi connectivity index (χ0v) is 41.6. The summed E-state index contributed by atoms with van der Waals surface area (Å²) in [5, 5.41) is 5.41. The molecule has 10 aromatic rings. The summed E-state index contributed by atoms with van der Waals surface area (Å²) >= 11 is 1.91. The third kappa shape index (κ3) is 5.56. The van der Waals surface area contributed by atoms with E-state index in [4.69, 9.17) is 0 Å². The van der Waals surface area contributed by atoms with Gasteiger partial charge in [0.2, 0.25) is 0 Å². The molecule has 0 saturated carbocycles. The molecule has 0 fully saturated rings. The van der Waals surface area contributed by atoms with Crippen molar-refractivity contribution in [1.29, 1.82) is 0 Å². The van der Waals surface area contributed by atoms with Crippen molar-refractivity contribution < 1.29 is 0 Å². The van der Waals surface area contributed by atoms with E-state index in [9.17, 15) is 0 Å². The first-order chi connectivity index (χ1) is 31.9. The van der Waals surface area contributed by atoms with Crippen molar-refractivity contribution in [3.05, 3.63) is 184 Å². The van der Waals surface area contributed by atoms with Crippen LogP contribution >= 0.6 is 11.3 Å². The van der Waals surface area contributed by atoms with E-state index < -0.39 is 0 Å². The third-order valence-electron chi connectivity index (χ3n) is 16.4. The molecule has 327 valence electrons. The quantitative estimate of drug-likeness (QED) is 0.156. The molecule has 1 aliphatic heterocycles. The van der Waals surface area contributed by atoms with Gasteiger partial charge in [-0.05, 0) is 131 Å². The fourth-order valence-electron chi connectivity index (χ4n) is 12.7. The monoisotopic (exact) mass is 882 g/mol. The highest BCUT2D eigenvalue weighted by atomic mass is 32.1. The number of hydrogen-bond donors (Lipinski definition) is 0. The molecule has 1 unspecified atom stereocenters. The minimum absolute atomic E-state index is 0.0103. The number of aromatic nitrogens is 1. The number of rotatable bonds is 3. The van der Waals surface area contributed by atoms with Crippen molar-refractivity contribution in [2.75, 3.05) is 0 Å². The van der Waals surface area contributed by atoms with Crippen LogP contribution in [0.25, 0.3) is 81.0 Å². The summed E-state index contributed by atoms with van der Waals surface area (Å²) in [4.78, 5) is 0. The zero-order chi connectivity index (χ0) is 46.3. The van der Waals surface area contributed by atoms with Gasteiger partial charge in [-0.25, -0.2) is 0 Å². The molecule has 1 nitrogen and oxygen atoms in total. The fourth-order valence-corrected chi connectivity index (χ4v) is 13.9. The maximum absolute atomic E-state index is 2.68. The van der Waals surface area contributed by atoms with Crippen molar-refractivity contribution in [3.8, 4) is 39.1 Å². The van der Waals surface area contributed by atoms with Crippen LogP contribution in [-0.2, 0) is 21.7 Å². The largest absolute Gasteiger partial charge is 0.310 e. The third-order valence-corrected chi connectivity index (χ3v) is 17.6. The molecule has 1 radical (unpaired) electrons. The summed E-state index contributed by atoms with van der Waals surface area (Å²) < 4.78 is 5.35. The van der Waals surface area contributed by atoms with Gasteiger partial charge in [0.25, 0.3) is 0 Å². The maximum atomic E-state index is 2.68. The van der Waals surface area contributed by atoms with Gasteiger partial charge in [-0.15, -0.1) is 11.3 Å². The van der Waals surface area contributed by atoms with Gasteiger partial charge in [-0.1, -0.05) is 185 Å². The van der Waals surface area contributed by atoms with E-state index >= 15 is 0 Å². The lowest BCUT2D eigenvalue weighted by molar-refractivity contribution is 0.589. The highest BCUT2D eigenvalue weighted by molar-refractivity contribution is 7.26. The summed E-state index contributed by atoms with van der Waals surface area (Å²) in [7, 11) is 2.59. The molecule has 0 saturated heterocycles. The summed E-state index contributed by atoms with van der Waals surface area (Å²) in [5.74, 6) is 0.131. The molecule has 67 heavy (non-hydrogen) atoms. The number of fused-ring (bicyclic) bond motifs is 15. The summed E-state index contributed by atoms with van der Waals surface area (Å²) in [5.41, 5.74) is 25.5. The molecule has 13 rings (SSSR count). The first-order valence-corrected chi connectivity index (χ1v) is 25.2. The lowest BCUT2D eigenvalue weighted by atomic mass is 9.57. The van der Waals surface area contributed by atoms with Crippen LogP contribution in [0.1, 0.15) is 127 Å². The Hall–Kier alpha value is -6.16. The van der Waals surface area contributed by atoms with Crippen LogP contribution in [0.3, 0.4) is 0 Å². The second-order valence-electron chi connectivity index (χ2n) is 23.1. The highest BCUT2D eigenvalue weighted by Crippen LogP contribution is 2.59. The molecule has 2 aliphatic carbocycles. The standard InChI is InChI=1S/C64H57BNS/c1-35(36-24-26-37(27-25-36)61(2,3)4)42-32-49-43(39-18-12-15-21-47(39)63(49,8)9)31-45(42)56-55-41-20-13-16-22-48(41)64(10,11)58(55)57-46-30-38(62(5,6)7)28-29-51(46)66-52-33-44-40-19-14-17-23-53(40)67-54(44)34-50(52)65-59(56)60(57)66/h12-35H,1-11H3. The highest BCUT2D eigenvalue weighted by Gasteiger charge is 2.44. The first-order valence-electron chi connectivity index (χ1n) is 24.4. The Morgan fingerprint density at radius 2 is 1.19 bits per heavy atom. The Bertz CT molecular complexity index is 3800. The molecule has 0 N–H and O–H groups in total. The predicted octanol–water partition coefficient (Wildman–Crippen LogP) is 16.1. The molecular formula is C64H57BNS. The Balaban J connectivity index is 1.22. The van der Waals surface area contributed by atoms with E-state index in [1.807, 2.05) is 11.3 Å². The molecule has 2 aromatic heterocycles. The smallest absolute Gasteiger partial charge is 0.198 e. The van der Waals surface area contributed by atoms with Crippen LogP contribution in [0, 0.1) is 0 Å². The van der Waals surface area contributed by atoms with E-state index in [1.54, 1.807) is 0 Å². The Kier molecular flexibility index (Phi) is 8.28. The molecular weight excluding hydrogens is 826 g/mol. The van der Waals surface area contributed by atoms with Crippen LogP contribution in [0.15, 0.2) is 140 Å². The van der Waals surface area contributed by atoms with Gasteiger partial charge in [0.15, 0.2) is 7.28 Å². The average molecular weight is 883 g/mol. The topological polar surface area (TPSA) is 4.93 Å². The van der Waals surface area contributed by atoms with Crippen molar-refractivity contribution >= 4 is 71.5 Å². The fraction of sp³-hybridized carbons (Fsp3) is 0.250. The lowest BCUT2D eigenvalue weighted by Crippen LogP contribution is -2.38. The van der Waals surface area contributed by atoms with Crippen molar-refractivity contribution in [2.45, 2.75) is 104 Å². The molecule has 0 amide bonds. The van der Waals surface area contributed by atoms with Crippen molar-refractivity contribution in [2.24, 2.45) is 0 Å². The number of hydrogen-bond acceptors (Lipinski definition) is 1. The van der Waals surface area contributed by atoms with E-state index in [-0.39, 0.29) is 27.6 Å². The molecule has 3 aliphatic rings. The van der Waals surface area contributed by atoms with Crippen molar-refractivity contribution in [1.82, 2.24) is 4.57 Å². The summed E-state index contributed by atoms with van der Waals surface area (Å²) in [6, 6.07) is 54.7. The van der Waals surface area contributed by atoms with Gasteiger partial charge in [-0.2, -0.15) is 0 Å². The van der Waals surface area contributed by atoms with E-state index in [0.717, 1.165) is 0 Å². The van der Waals surface area contributed by atoms with Gasteiger partial charge in [0, 0.05) is 58.9 Å². The van der Waals surface area contributed by atoms with Gasteiger partial charge < -0.3 is 4.57 Å². The van der Waals surface area contributed by atoms with E-state index in [1.165, 1.54) is 136 Å². The average Bonchev–Trinajstić information content (AvgIpc) is 3.98. The normalized spacial score (nSPS) is 15.7. The van der Waals surface area contributed by atoms with Crippen LogP contribution in [0.2, 0.25) is 0 Å². The summed E-state index contributed by atoms with van der Waals surface area (Å²) in [6.45, 7) is 26.3. The Morgan fingerprint density at radius 3 is 1.93 bits per heavy atom. The van der Waals surface area contributed by atoms with Gasteiger partial charge >= 0.3 is 0 Å². The predicted molar refractivity (Wildman–Crippen MR) is 291 cm³/mol. The molecule has 3 heteroatoms.